The maximum Gasteiger partial charge on any atom is 0.250 e. The third-order valence-electron chi connectivity index (χ3n) is 1.67. The van der Waals surface area contributed by atoms with E-state index in [1.165, 1.54) is 0 Å². The van der Waals surface area contributed by atoms with Crippen LogP contribution < -0.4 is 11.1 Å². The van der Waals surface area contributed by atoms with Crippen LogP contribution in [0.5, 0.6) is 0 Å². The fraction of sp³-hybridized carbons (Fsp3) is 0.333. The van der Waals surface area contributed by atoms with Gasteiger partial charge < -0.3 is 11.1 Å². The monoisotopic (exact) mass is 186 g/mol. The Hall–Kier alpha value is -1.16. The highest BCUT2D eigenvalue weighted by Crippen LogP contribution is 2.09. The molecule has 0 saturated carbocycles. The molecule has 4 heteroatoms. The van der Waals surface area contributed by atoms with Crippen molar-refractivity contribution in [1.29, 1.82) is 0 Å². The van der Waals surface area contributed by atoms with E-state index in [4.69, 9.17) is 5.73 Å². The van der Waals surface area contributed by atoms with Crippen molar-refractivity contribution in [2.75, 3.05) is 12.3 Å². The van der Waals surface area contributed by atoms with Gasteiger partial charge in [0.05, 0.1) is 6.54 Å². The predicted octanol–water partition coefficient (Wildman–Crippen LogP) is 1.62. The van der Waals surface area contributed by atoms with Gasteiger partial charge in [-0.1, -0.05) is 18.2 Å². The molecule has 0 aliphatic rings. The van der Waals surface area contributed by atoms with Crippen LogP contribution >= 0.6 is 0 Å². The van der Waals surface area contributed by atoms with Gasteiger partial charge in [-0.05, 0) is 11.6 Å². The Kier molecular flexibility index (Phi) is 3.64. The summed E-state index contributed by atoms with van der Waals surface area (Å²) in [6.45, 7) is 0.0886. The Morgan fingerprint density at radius 1 is 1.31 bits per heavy atom. The summed E-state index contributed by atoms with van der Waals surface area (Å²) >= 11 is 0. The fourth-order valence-corrected chi connectivity index (χ4v) is 1.01. The van der Waals surface area contributed by atoms with Crippen LogP contribution in [0.15, 0.2) is 24.3 Å². The first-order chi connectivity index (χ1) is 6.20. The topological polar surface area (TPSA) is 38.0 Å². The van der Waals surface area contributed by atoms with E-state index >= 15 is 0 Å². The molecule has 0 atom stereocenters. The number of hydrogen-bond acceptors (Lipinski definition) is 2. The third-order valence-corrected chi connectivity index (χ3v) is 1.67. The molecule has 1 aromatic carbocycles. The largest absolute Gasteiger partial charge is 0.398 e. The first kappa shape index (κ1) is 9.92. The van der Waals surface area contributed by atoms with Crippen molar-refractivity contribution >= 4 is 5.69 Å². The number of rotatable bonds is 4. The number of anilines is 1. The molecule has 0 saturated heterocycles. The van der Waals surface area contributed by atoms with Gasteiger partial charge in [-0.3, -0.25) is 0 Å². The van der Waals surface area contributed by atoms with Crippen LogP contribution in [-0.4, -0.2) is 13.0 Å². The van der Waals surface area contributed by atoms with Crippen LogP contribution in [0.1, 0.15) is 5.56 Å². The van der Waals surface area contributed by atoms with Crippen LogP contribution in [0.25, 0.3) is 0 Å². The molecule has 2 nitrogen and oxygen atoms in total. The Morgan fingerprint density at radius 2 is 2.00 bits per heavy atom. The van der Waals surface area contributed by atoms with E-state index in [1.807, 2.05) is 18.2 Å². The van der Waals surface area contributed by atoms with Gasteiger partial charge >= 0.3 is 0 Å². The van der Waals surface area contributed by atoms with E-state index in [2.05, 4.69) is 5.32 Å². The molecule has 1 rings (SSSR count). The smallest absolute Gasteiger partial charge is 0.250 e. The summed E-state index contributed by atoms with van der Waals surface area (Å²) in [4.78, 5) is 0. The molecule has 0 heterocycles. The van der Waals surface area contributed by atoms with Crippen molar-refractivity contribution < 1.29 is 8.78 Å². The maximum atomic E-state index is 11.7. The zero-order chi connectivity index (χ0) is 9.68. The van der Waals surface area contributed by atoms with Gasteiger partial charge in [0.25, 0.3) is 6.43 Å². The first-order valence-corrected chi connectivity index (χ1v) is 4.02. The third kappa shape index (κ3) is 3.38. The maximum absolute atomic E-state index is 11.7. The van der Waals surface area contributed by atoms with E-state index in [1.54, 1.807) is 6.07 Å². The zero-order valence-corrected chi connectivity index (χ0v) is 7.13. The lowest BCUT2D eigenvalue weighted by Crippen LogP contribution is -2.21. The summed E-state index contributed by atoms with van der Waals surface area (Å²) < 4.78 is 23.5. The molecule has 0 amide bonds. The minimum absolute atomic E-state index is 0.297. The lowest BCUT2D eigenvalue weighted by atomic mass is 10.2. The van der Waals surface area contributed by atoms with Gasteiger partial charge in [-0.25, -0.2) is 8.78 Å². The highest BCUT2D eigenvalue weighted by atomic mass is 19.3. The van der Waals surface area contributed by atoms with Crippen LogP contribution in [0.4, 0.5) is 14.5 Å². The van der Waals surface area contributed by atoms with Crippen molar-refractivity contribution in [3.8, 4) is 0 Å². The van der Waals surface area contributed by atoms with Crippen molar-refractivity contribution in [1.82, 2.24) is 5.32 Å². The SMILES string of the molecule is Nc1ccccc1CNCC(F)F. The van der Waals surface area contributed by atoms with Gasteiger partial charge in [0.15, 0.2) is 0 Å². The molecule has 0 spiro atoms. The van der Waals surface area contributed by atoms with Gasteiger partial charge in [-0.15, -0.1) is 0 Å². The number of halogens is 2. The Bertz CT molecular complexity index is 264. The highest BCUT2D eigenvalue weighted by Gasteiger charge is 2.01. The minimum atomic E-state index is -2.31. The summed E-state index contributed by atoms with van der Waals surface area (Å²) in [5.74, 6) is 0. The molecule has 0 bridgehead atoms. The van der Waals surface area contributed by atoms with Crippen LogP contribution in [0.3, 0.4) is 0 Å². The summed E-state index contributed by atoms with van der Waals surface area (Å²) in [5.41, 5.74) is 7.09. The number of benzene rings is 1. The lowest BCUT2D eigenvalue weighted by molar-refractivity contribution is 0.145. The molecule has 0 aliphatic heterocycles. The summed E-state index contributed by atoms with van der Waals surface area (Å²) in [5, 5.41) is 2.61. The molecule has 0 unspecified atom stereocenters. The van der Waals surface area contributed by atoms with E-state index < -0.39 is 6.43 Å². The van der Waals surface area contributed by atoms with Crippen LogP contribution in [0.2, 0.25) is 0 Å². The highest BCUT2D eigenvalue weighted by molar-refractivity contribution is 5.46. The van der Waals surface area contributed by atoms with Gasteiger partial charge in [0.1, 0.15) is 0 Å². The van der Waals surface area contributed by atoms with E-state index in [0.717, 1.165) is 5.56 Å². The Balaban J connectivity index is 2.41. The second-order valence-electron chi connectivity index (χ2n) is 2.72. The van der Waals surface area contributed by atoms with Gasteiger partial charge in [0.2, 0.25) is 0 Å². The molecule has 3 N–H and O–H groups in total. The van der Waals surface area contributed by atoms with Crippen molar-refractivity contribution in [2.45, 2.75) is 13.0 Å². The molecule has 0 radical (unpaired) electrons. The average Bonchev–Trinajstić information content (AvgIpc) is 2.08. The van der Waals surface area contributed by atoms with Crippen molar-refractivity contribution in [3.63, 3.8) is 0 Å². The first-order valence-electron chi connectivity index (χ1n) is 4.02. The molecule has 1 aromatic rings. The molecule has 13 heavy (non-hydrogen) atoms. The fourth-order valence-electron chi connectivity index (χ4n) is 1.01. The van der Waals surface area contributed by atoms with E-state index in [0.29, 0.717) is 12.2 Å². The number of nitrogen functional groups attached to an aromatic ring is 1. The van der Waals surface area contributed by atoms with Crippen molar-refractivity contribution in [2.24, 2.45) is 0 Å². The van der Waals surface area contributed by atoms with Crippen LogP contribution in [0, 0.1) is 0 Å². The van der Waals surface area contributed by atoms with E-state index in [9.17, 15) is 8.78 Å². The summed E-state index contributed by atoms with van der Waals surface area (Å²) in [7, 11) is 0. The molecule has 72 valence electrons. The molecule has 0 aliphatic carbocycles. The number of alkyl halides is 2. The number of hydrogen-bond donors (Lipinski definition) is 2. The summed E-state index contributed by atoms with van der Waals surface area (Å²) in [6, 6.07) is 7.20. The van der Waals surface area contributed by atoms with Gasteiger partial charge in [-0.2, -0.15) is 0 Å². The van der Waals surface area contributed by atoms with Crippen LogP contribution in [-0.2, 0) is 6.54 Å². The van der Waals surface area contributed by atoms with E-state index in [-0.39, 0.29) is 6.54 Å². The number of nitrogens with one attached hydrogen (secondary N) is 1. The van der Waals surface area contributed by atoms with Crippen molar-refractivity contribution in [3.05, 3.63) is 29.8 Å². The molecule has 0 fully saturated rings. The molecular weight excluding hydrogens is 174 g/mol. The normalized spacial score (nSPS) is 10.7. The lowest BCUT2D eigenvalue weighted by Gasteiger charge is -2.06. The quantitative estimate of drug-likeness (QED) is 0.701. The Labute approximate surface area is 75.7 Å². The number of para-hydroxylation sites is 1. The average molecular weight is 186 g/mol. The molecule has 0 aromatic heterocycles. The van der Waals surface area contributed by atoms with Gasteiger partial charge in [0, 0.05) is 12.2 Å². The summed E-state index contributed by atoms with van der Waals surface area (Å²) in [6.07, 6.45) is -2.31. The predicted molar refractivity (Wildman–Crippen MR) is 48.6 cm³/mol. The number of nitrogens with two attached hydrogens (primary N) is 1. The minimum Gasteiger partial charge on any atom is -0.398 e. The Morgan fingerprint density at radius 3 is 2.62 bits per heavy atom. The second-order valence-corrected chi connectivity index (χ2v) is 2.72. The second kappa shape index (κ2) is 4.77. The zero-order valence-electron chi connectivity index (χ0n) is 7.13. The standard InChI is InChI=1S/C9H12F2N2/c10-9(11)6-13-5-7-3-1-2-4-8(7)12/h1-4,9,13H,5-6,12H2. The molecular formula is C9H12F2N2.